The van der Waals surface area contributed by atoms with E-state index in [9.17, 15) is 13.6 Å². The molecule has 1 N–H and O–H groups in total. The lowest BCUT2D eigenvalue weighted by Crippen LogP contribution is -2.45. The molecule has 1 amide bonds. The molecule has 0 unspecified atom stereocenters. The van der Waals surface area contributed by atoms with E-state index in [1.807, 2.05) is 32.0 Å². The first-order valence-corrected chi connectivity index (χ1v) is 9.40. The summed E-state index contributed by atoms with van der Waals surface area (Å²) in [7, 11) is 0. The Kier molecular flexibility index (Phi) is 8.51. The molecule has 0 spiro atoms. The second-order valence-electron chi connectivity index (χ2n) is 6.38. The first-order valence-electron chi connectivity index (χ1n) is 9.40. The van der Waals surface area contributed by atoms with Crippen LogP contribution >= 0.6 is 0 Å². The van der Waals surface area contributed by atoms with Crippen LogP contribution in [-0.2, 0) is 4.79 Å². The molecule has 1 aliphatic heterocycles. The van der Waals surface area contributed by atoms with E-state index in [0.29, 0.717) is 50.6 Å². The Morgan fingerprint density at radius 3 is 2.52 bits per heavy atom. The quantitative estimate of drug-likeness (QED) is 0.666. The number of rotatable bonds is 9. The number of piperidine rings is 1. The fraction of sp³-hybridized carbons (Fsp3) is 0.550. The molecule has 0 atom stereocenters. The zero-order valence-corrected chi connectivity index (χ0v) is 15.9. The molecule has 1 aromatic carbocycles. The van der Waals surface area contributed by atoms with Gasteiger partial charge in [0.2, 0.25) is 5.91 Å². The van der Waals surface area contributed by atoms with Gasteiger partial charge in [0.05, 0.1) is 19.8 Å². The van der Waals surface area contributed by atoms with Crippen LogP contribution in [0.4, 0.5) is 8.78 Å². The Hall–Kier alpha value is -2.15. The van der Waals surface area contributed by atoms with Crippen LogP contribution in [-0.4, -0.2) is 56.1 Å². The van der Waals surface area contributed by atoms with Gasteiger partial charge in [0.1, 0.15) is 0 Å². The van der Waals surface area contributed by atoms with E-state index in [-0.39, 0.29) is 18.5 Å². The first kappa shape index (κ1) is 21.2. The minimum atomic E-state index is -2.31. The maximum Gasteiger partial charge on any atom is 0.251 e. The van der Waals surface area contributed by atoms with Gasteiger partial charge in [-0.1, -0.05) is 6.07 Å². The number of carbonyl (C=O) groups is 1. The predicted molar refractivity (Wildman–Crippen MR) is 101 cm³/mol. The number of ether oxygens (including phenoxy) is 2. The summed E-state index contributed by atoms with van der Waals surface area (Å²) in [5, 5.41) is 2.94. The lowest BCUT2D eigenvalue weighted by molar-refractivity contribution is -0.117. The molecule has 0 bridgehead atoms. The van der Waals surface area contributed by atoms with Crippen LogP contribution in [0, 0.1) is 0 Å². The fourth-order valence-corrected chi connectivity index (χ4v) is 3.05. The summed E-state index contributed by atoms with van der Waals surface area (Å²) in [6.45, 7) is 5.85. The Morgan fingerprint density at radius 1 is 1.22 bits per heavy atom. The van der Waals surface area contributed by atoms with E-state index in [0.717, 1.165) is 5.56 Å². The van der Waals surface area contributed by atoms with Gasteiger partial charge in [0.15, 0.2) is 11.5 Å². The van der Waals surface area contributed by atoms with Crippen LogP contribution in [0.3, 0.4) is 0 Å². The van der Waals surface area contributed by atoms with Gasteiger partial charge in [0.25, 0.3) is 6.43 Å². The van der Waals surface area contributed by atoms with Crippen LogP contribution in [0.1, 0.15) is 32.3 Å². The molecule has 5 nitrogen and oxygen atoms in total. The zero-order chi connectivity index (χ0) is 19.6. The summed E-state index contributed by atoms with van der Waals surface area (Å²) < 4.78 is 35.9. The van der Waals surface area contributed by atoms with Gasteiger partial charge in [-0.2, -0.15) is 0 Å². The van der Waals surface area contributed by atoms with Gasteiger partial charge in [0, 0.05) is 25.2 Å². The first-order chi connectivity index (χ1) is 13.0. The number of halogens is 2. The van der Waals surface area contributed by atoms with Crippen LogP contribution in [0.5, 0.6) is 11.5 Å². The number of benzene rings is 1. The maximum atomic E-state index is 12.4. The average molecular weight is 382 g/mol. The van der Waals surface area contributed by atoms with Crippen LogP contribution in [0.25, 0.3) is 6.08 Å². The van der Waals surface area contributed by atoms with Crippen molar-refractivity contribution in [3.05, 3.63) is 29.8 Å². The third-order valence-corrected chi connectivity index (χ3v) is 4.32. The highest BCUT2D eigenvalue weighted by molar-refractivity contribution is 5.92. The van der Waals surface area contributed by atoms with Crippen molar-refractivity contribution in [1.82, 2.24) is 10.2 Å². The largest absolute Gasteiger partial charge is 0.490 e. The van der Waals surface area contributed by atoms with E-state index in [1.54, 1.807) is 11.0 Å². The predicted octanol–water partition coefficient (Wildman–Crippen LogP) is 3.34. The van der Waals surface area contributed by atoms with Crippen molar-refractivity contribution in [2.45, 2.75) is 39.2 Å². The van der Waals surface area contributed by atoms with E-state index < -0.39 is 6.43 Å². The Labute approximate surface area is 159 Å². The molecule has 0 aromatic heterocycles. The van der Waals surface area contributed by atoms with Crippen molar-refractivity contribution in [3.63, 3.8) is 0 Å². The standard InChI is InChI=1S/C20H28F2N2O3/c1-3-26-17-7-5-15(13-18(17)27-4-2)6-8-20(25)23-16-9-11-24(12-10-16)14-19(21)22/h5-8,13,16,19H,3-4,9-12,14H2,1-2H3,(H,23,25)/b8-6+. The summed E-state index contributed by atoms with van der Waals surface area (Å²) in [5.74, 6) is 1.14. The molecular formula is C20H28F2N2O3. The Morgan fingerprint density at radius 2 is 1.89 bits per heavy atom. The number of nitrogens with zero attached hydrogens (tertiary/aromatic N) is 1. The van der Waals surface area contributed by atoms with Crippen molar-refractivity contribution >= 4 is 12.0 Å². The normalized spacial score (nSPS) is 16.0. The van der Waals surface area contributed by atoms with Gasteiger partial charge in [-0.3, -0.25) is 9.69 Å². The van der Waals surface area contributed by atoms with Crippen molar-refractivity contribution < 1.29 is 23.0 Å². The lowest BCUT2D eigenvalue weighted by Gasteiger charge is -2.31. The summed E-state index contributed by atoms with van der Waals surface area (Å²) in [6.07, 6.45) is 2.26. The van der Waals surface area contributed by atoms with Crippen LogP contribution in [0.2, 0.25) is 0 Å². The lowest BCUT2D eigenvalue weighted by atomic mass is 10.0. The van der Waals surface area contributed by atoms with Gasteiger partial charge in [-0.15, -0.1) is 0 Å². The van der Waals surface area contributed by atoms with Gasteiger partial charge < -0.3 is 14.8 Å². The summed E-state index contributed by atoms with van der Waals surface area (Å²) >= 11 is 0. The topological polar surface area (TPSA) is 50.8 Å². The molecule has 1 heterocycles. The van der Waals surface area contributed by atoms with E-state index in [2.05, 4.69) is 5.32 Å². The van der Waals surface area contributed by atoms with Crippen molar-refractivity contribution in [1.29, 1.82) is 0 Å². The molecule has 7 heteroatoms. The second-order valence-corrected chi connectivity index (χ2v) is 6.38. The highest BCUT2D eigenvalue weighted by Gasteiger charge is 2.21. The second kappa shape index (κ2) is 10.9. The molecule has 1 fully saturated rings. The summed E-state index contributed by atoms with van der Waals surface area (Å²) in [5.41, 5.74) is 0.837. The number of amides is 1. The monoisotopic (exact) mass is 382 g/mol. The highest BCUT2D eigenvalue weighted by atomic mass is 19.3. The molecule has 0 saturated carbocycles. The maximum absolute atomic E-state index is 12.4. The van der Waals surface area contributed by atoms with E-state index in [4.69, 9.17) is 9.47 Å². The van der Waals surface area contributed by atoms with Crippen molar-refractivity contribution in [3.8, 4) is 11.5 Å². The summed E-state index contributed by atoms with van der Waals surface area (Å²) in [6, 6.07) is 5.54. The molecule has 1 aliphatic rings. The van der Waals surface area contributed by atoms with Crippen LogP contribution in [0.15, 0.2) is 24.3 Å². The smallest absolute Gasteiger partial charge is 0.251 e. The number of carbonyl (C=O) groups excluding carboxylic acids is 1. The van der Waals surface area contributed by atoms with Gasteiger partial charge in [-0.05, 0) is 50.5 Å². The zero-order valence-electron chi connectivity index (χ0n) is 15.9. The van der Waals surface area contributed by atoms with Crippen LogP contribution < -0.4 is 14.8 Å². The van der Waals surface area contributed by atoms with E-state index in [1.165, 1.54) is 6.08 Å². The fourth-order valence-electron chi connectivity index (χ4n) is 3.05. The van der Waals surface area contributed by atoms with Crippen molar-refractivity contribution in [2.24, 2.45) is 0 Å². The number of hydrogen-bond acceptors (Lipinski definition) is 4. The SMILES string of the molecule is CCOc1ccc(/C=C/C(=O)NC2CCN(CC(F)F)CC2)cc1OCC. The van der Waals surface area contributed by atoms with Gasteiger partial charge >= 0.3 is 0 Å². The number of alkyl halides is 2. The highest BCUT2D eigenvalue weighted by Crippen LogP contribution is 2.29. The minimum absolute atomic E-state index is 0.0235. The molecule has 150 valence electrons. The third kappa shape index (κ3) is 7.17. The average Bonchev–Trinajstić information content (AvgIpc) is 2.63. The number of nitrogens with one attached hydrogen (secondary N) is 1. The van der Waals surface area contributed by atoms with Gasteiger partial charge in [-0.25, -0.2) is 8.78 Å². The third-order valence-electron chi connectivity index (χ3n) is 4.32. The number of likely N-dealkylation sites (tertiary alicyclic amines) is 1. The molecule has 1 aromatic rings. The molecule has 2 rings (SSSR count). The Balaban J connectivity index is 1.86. The van der Waals surface area contributed by atoms with Crippen molar-refractivity contribution in [2.75, 3.05) is 32.8 Å². The molecule has 0 radical (unpaired) electrons. The molecular weight excluding hydrogens is 354 g/mol. The minimum Gasteiger partial charge on any atom is -0.490 e. The molecule has 27 heavy (non-hydrogen) atoms. The molecule has 0 aliphatic carbocycles. The van der Waals surface area contributed by atoms with E-state index >= 15 is 0 Å². The number of hydrogen-bond donors (Lipinski definition) is 1. The Bertz CT molecular complexity index is 630. The summed E-state index contributed by atoms with van der Waals surface area (Å²) in [4.78, 5) is 13.9. The molecule has 1 saturated heterocycles.